The van der Waals surface area contributed by atoms with E-state index in [0.29, 0.717) is 0 Å². The molecule has 2 fully saturated rings. The number of benzene rings is 1. The minimum Gasteiger partial charge on any atom is -0.444 e. The molecule has 1 aromatic carbocycles. The average molecular weight is 317 g/mol. The second-order valence-electron chi connectivity index (χ2n) is 7.99. The van der Waals surface area contributed by atoms with Gasteiger partial charge in [-0.05, 0) is 52.0 Å². The molecule has 0 saturated carbocycles. The van der Waals surface area contributed by atoms with Gasteiger partial charge in [0.15, 0.2) is 0 Å². The van der Waals surface area contributed by atoms with E-state index in [1.54, 1.807) is 0 Å². The van der Waals surface area contributed by atoms with Crippen LogP contribution in [-0.4, -0.2) is 40.4 Å². The van der Waals surface area contributed by atoms with E-state index in [2.05, 4.69) is 12.1 Å². The fourth-order valence-corrected chi connectivity index (χ4v) is 4.21. The highest BCUT2D eigenvalue weighted by atomic mass is 16.6. The fraction of sp³-hybridized carbons (Fsp3) is 0.632. The summed E-state index contributed by atoms with van der Waals surface area (Å²) in [6, 6.07) is 10.6. The third-order valence-electron chi connectivity index (χ3n) is 5.17. The smallest absolute Gasteiger partial charge is 0.410 e. The Morgan fingerprint density at radius 3 is 2.26 bits per heavy atom. The van der Waals surface area contributed by atoms with Crippen LogP contribution in [0.3, 0.4) is 0 Å². The quantitative estimate of drug-likeness (QED) is 0.908. The molecule has 2 bridgehead atoms. The highest BCUT2D eigenvalue weighted by Gasteiger charge is 2.51. The van der Waals surface area contributed by atoms with Gasteiger partial charge in [-0.25, -0.2) is 4.79 Å². The molecule has 1 amide bonds. The first-order chi connectivity index (χ1) is 10.8. The van der Waals surface area contributed by atoms with Crippen LogP contribution in [0, 0.1) is 0 Å². The van der Waals surface area contributed by atoms with Gasteiger partial charge in [-0.2, -0.15) is 0 Å². The maximum Gasteiger partial charge on any atom is 0.410 e. The maximum atomic E-state index is 12.6. The fourth-order valence-electron chi connectivity index (χ4n) is 4.21. The van der Waals surface area contributed by atoms with Gasteiger partial charge >= 0.3 is 6.09 Å². The minimum absolute atomic E-state index is 0.131. The maximum absolute atomic E-state index is 12.6. The monoisotopic (exact) mass is 317 g/mol. The molecule has 126 valence electrons. The number of amides is 1. The number of aliphatic hydroxyl groups is 1. The summed E-state index contributed by atoms with van der Waals surface area (Å²) in [5, 5.41) is 10.1. The van der Waals surface area contributed by atoms with E-state index in [9.17, 15) is 9.90 Å². The van der Waals surface area contributed by atoms with Crippen LogP contribution >= 0.6 is 0 Å². The molecule has 2 unspecified atom stereocenters. The Morgan fingerprint density at radius 1 is 1.22 bits per heavy atom. The second kappa shape index (κ2) is 5.82. The molecule has 0 spiro atoms. The molecular weight excluding hydrogens is 290 g/mol. The van der Waals surface area contributed by atoms with Crippen molar-refractivity contribution in [3.05, 3.63) is 35.9 Å². The molecule has 2 aliphatic heterocycles. The summed E-state index contributed by atoms with van der Waals surface area (Å²) in [7, 11) is 0. The van der Waals surface area contributed by atoms with Gasteiger partial charge in [-0.3, -0.25) is 0 Å². The van der Waals surface area contributed by atoms with E-state index >= 15 is 0 Å². The van der Waals surface area contributed by atoms with Crippen LogP contribution in [0.1, 0.15) is 52.0 Å². The highest BCUT2D eigenvalue weighted by molar-refractivity contribution is 5.70. The molecule has 2 saturated heterocycles. The van der Waals surface area contributed by atoms with Crippen LogP contribution in [0.2, 0.25) is 0 Å². The molecule has 2 atom stereocenters. The van der Waals surface area contributed by atoms with E-state index in [1.165, 1.54) is 5.56 Å². The van der Waals surface area contributed by atoms with Crippen LogP contribution in [0.4, 0.5) is 4.79 Å². The lowest BCUT2D eigenvalue weighted by molar-refractivity contribution is -0.00771. The van der Waals surface area contributed by atoms with Crippen LogP contribution in [0.5, 0.6) is 0 Å². The first-order valence-electron chi connectivity index (χ1n) is 8.52. The summed E-state index contributed by atoms with van der Waals surface area (Å²) >= 11 is 0. The van der Waals surface area contributed by atoms with E-state index in [1.807, 2.05) is 43.9 Å². The Kier molecular flexibility index (Phi) is 4.13. The number of nitrogens with zero attached hydrogens (tertiary/aromatic N) is 1. The van der Waals surface area contributed by atoms with Crippen LogP contribution in [0.25, 0.3) is 0 Å². The van der Waals surface area contributed by atoms with Crippen LogP contribution in [-0.2, 0) is 10.2 Å². The summed E-state index contributed by atoms with van der Waals surface area (Å²) < 4.78 is 5.59. The molecular formula is C19H27NO3. The van der Waals surface area contributed by atoms with Crippen molar-refractivity contribution < 1.29 is 14.6 Å². The lowest BCUT2D eigenvalue weighted by atomic mass is 9.70. The van der Waals surface area contributed by atoms with Gasteiger partial charge in [0.05, 0.1) is 6.61 Å². The number of piperidine rings is 1. The number of hydrogen-bond donors (Lipinski definition) is 1. The molecule has 1 N–H and O–H groups in total. The summed E-state index contributed by atoms with van der Waals surface area (Å²) in [5.74, 6) is 0. The second-order valence-corrected chi connectivity index (χ2v) is 7.99. The Hall–Kier alpha value is -1.55. The van der Waals surface area contributed by atoms with E-state index in [4.69, 9.17) is 4.74 Å². The van der Waals surface area contributed by atoms with Crippen molar-refractivity contribution in [1.29, 1.82) is 0 Å². The largest absolute Gasteiger partial charge is 0.444 e. The van der Waals surface area contributed by atoms with Crippen LogP contribution in [0.15, 0.2) is 30.3 Å². The lowest BCUT2D eigenvalue weighted by Crippen LogP contribution is -2.54. The zero-order chi connectivity index (χ0) is 16.7. The van der Waals surface area contributed by atoms with Gasteiger partial charge in [0, 0.05) is 17.5 Å². The predicted octanol–water partition coefficient (Wildman–Crippen LogP) is 3.48. The Morgan fingerprint density at radius 2 is 1.78 bits per heavy atom. The van der Waals surface area contributed by atoms with E-state index < -0.39 is 5.60 Å². The van der Waals surface area contributed by atoms with Gasteiger partial charge in [-0.1, -0.05) is 30.3 Å². The Balaban J connectivity index is 1.82. The summed E-state index contributed by atoms with van der Waals surface area (Å²) in [6.07, 6.45) is 3.41. The molecule has 1 aromatic rings. The lowest BCUT2D eigenvalue weighted by Gasteiger charge is -2.46. The third kappa shape index (κ3) is 3.09. The molecule has 0 aliphatic carbocycles. The Labute approximate surface area is 138 Å². The zero-order valence-electron chi connectivity index (χ0n) is 14.3. The number of ether oxygens (including phenoxy) is 1. The number of aliphatic hydroxyl groups excluding tert-OH is 1. The van der Waals surface area contributed by atoms with Gasteiger partial charge in [0.1, 0.15) is 5.60 Å². The van der Waals surface area contributed by atoms with Crippen molar-refractivity contribution >= 4 is 6.09 Å². The van der Waals surface area contributed by atoms with Crippen molar-refractivity contribution in [2.45, 2.75) is 69.6 Å². The summed E-state index contributed by atoms with van der Waals surface area (Å²) in [5.41, 5.74) is 0.482. The van der Waals surface area contributed by atoms with Crippen molar-refractivity contribution in [1.82, 2.24) is 4.90 Å². The Bertz CT molecular complexity index is 550. The normalized spacial score (nSPS) is 30.3. The van der Waals surface area contributed by atoms with Gasteiger partial charge in [0.25, 0.3) is 0 Å². The first-order valence-corrected chi connectivity index (χ1v) is 8.52. The first kappa shape index (κ1) is 16.3. The SMILES string of the molecule is CC(C)(C)OC(=O)N1C2CCC1CC(CO)(c1ccccc1)C2. The molecule has 4 heteroatoms. The van der Waals surface area contributed by atoms with Gasteiger partial charge in [0.2, 0.25) is 0 Å². The zero-order valence-corrected chi connectivity index (χ0v) is 14.3. The molecule has 23 heavy (non-hydrogen) atoms. The van der Waals surface area contributed by atoms with E-state index in [0.717, 1.165) is 25.7 Å². The molecule has 0 aromatic heterocycles. The van der Waals surface area contributed by atoms with Crippen LogP contribution < -0.4 is 0 Å². The minimum atomic E-state index is -0.471. The van der Waals surface area contributed by atoms with Gasteiger partial charge < -0.3 is 14.7 Å². The molecule has 3 rings (SSSR count). The van der Waals surface area contributed by atoms with Crippen molar-refractivity contribution in [2.75, 3.05) is 6.61 Å². The molecule has 2 heterocycles. The topological polar surface area (TPSA) is 49.8 Å². The standard InChI is InChI=1S/C19H27NO3/c1-18(2,3)23-17(22)20-15-9-10-16(20)12-19(11-15,13-21)14-7-5-4-6-8-14/h4-8,15-16,21H,9-13H2,1-3H3. The number of carbonyl (C=O) groups excluding carboxylic acids is 1. The summed E-state index contributed by atoms with van der Waals surface area (Å²) in [4.78, 5) is 14.5. The number of fused-ring (bicyclic) bond motifs is 2. The molecule has 0 radical (unpaired) electrons. The van der Waals surface area contributed by atoms with Crippen molar-refractivity contribution in [3.8, 4) is 0 Å². The number of hydrogen-bond acceptors (Lipinski definition) is 3. The average Bonchev–Trinajstić information content (AvgIpc) is 2.78. The molecule has 2 aliphatic rings. The number of rotatable bonds is 2. The number of carbonyl (C=O) groups is 1. The molecule has 4 nitrogen and oxygen atoms in total. The van der Waals surface area contributed by atoms with Gasteiger partial charge in [-0.15, -0.1) is 0 Å². The predicted molar refractivity (Wildman–Crippen MR) is 89.3 cm³/mol. The summed E-state index contributed by atoms with van der Waals surface area (Å²) in [6.45, 7) is 5.84. The van der Waals surface area contributed by atoms with Crippen molar-refractivity contribution in [3.63, 3.8) is 0 Å². The highest BCUT2D eigenvalue weighted by Crippen LogP contribution is 2.47. The third-order valence-corrected chi connectivity index (χ3v) is 5.17. The van der Waals surface area contributed by atoms with Crippen molar-refractivity contribution in [2.24, 2.45) is 0 Å². The van der Waals surface area contributed by atoms with E-state index in [-0.39, 0.29) is 30.2 Å².